The molecule has 0 unspecified atom stereocenters. The average Bonchev–Trinajstić information content (AvgIpc) is 3.09. The van der Waals surface area contributed by atoms with Crippen molar-refractivity contribution in [2.45, 2.75) is 46.1 Å². The largest absolute Gasteiger partial charge is 0.324 e. The number of anilines is 1. The lowest BCUT2D eigenvalue weighted by Gasteiger charge is -2.20. The van der Waals surface area contributed by atoms with E-state index >= 15 is 0 Å². The molecule has 0 aliphatic rings. The van der Waals surface area contributed by atoms with Gasteiger partial charge in [0.05, 0.1) is 5.02 Å². The molecule has 0 saturated carbocycles. The first-order valence-electron chi connectivity index (χ1n) is 9.32. The summed E-state index contributed by atoms with van der Waals surface area (Å²) in [6.45, 7) is 8.43. The number of tetrazole rings is 1. The van der Waals surface area contributed by atoms with Crippen molar-refractivity contribution >= 4 is 23.2 Å². The van der Waals surface area contributed by atoms with Gasteiger partial charge in [0.2, 0.25) is 11.7 Å². The molecule has 6 nitrogen and oxygen atoms in total. The molecule has 1 N–H and O–H groups in total. The van der Waals surface area contributed by atoms with Gasteiger partial charge in [0.25, 0.3) is 0 Å². The summed E-state index contributed by atoms with van der Waals surface area (Å²) in [5, 5.41) is 15.9. The van der Waals surface area contributed by atoms with Crippen molar-refractivity contribution in [3.05, 3.63) is 58.6 Å². The Morgan fingerprint density at radius 1 is 1.04 bits per heavy atom. The van der Waals surface area contributed by atoms with Crippen LogP contribution in [0.3, 0.4) is 0 Å². The summed E-state index contributed by atoms with van der Waals surface area (Å²) in [6, 6.07) is 13.4. The second-order valence-electron chi connectivity index (χ2n) is 7.29. The third kappa shape index (κ3) is 4.39. The number of carbonyl (C=O) groups is 1. The lowest BCUT2D eigenvalue weighted by atomic mass is 9.92. The predicted octanol–water partition coefficient (Wildman–Crippen LogP) is 4.88. The van der Waals surface area contributed by atoms with Crippen LogP contribution in [-0.2, 0) is 11.3 Å². The van der Waals surface area contributed by atoms with Gasteiger partial charge in [-0.15, -0.1) is 10.2 Å². The molecule has 0 bridgehead atoms. The maximum Gasteiger partial charge on any atom is 0.248 e. The fourth-order valence-corrected chi connectivity index (χ4v) is 3.28. The minimum atomic E-state index is -0.196. The summed E-state index contributed by atoms with van der Waals surface area (Å²) in [6.07, 6.45) is 0. The topological polar surface area (TPSA) is 72.7 Å². The Kier molecular flexibility index (Phi) is 6.09. The van der Waals surface area contributed by atoms with Crippen LogP contribution in [0.15, 0.2) is 42.5 Å². The van der Waals surface area contributed by atoms with Crippen molar-refractivity contribution in [1.29, 1.82) is 0 Å². The highest BCUT2D eigenvalue weighted by molar-refractivity contribution is 6.33. The number of benzene rings is 2. The molecule has 3 rings (SSSR count). The minimum absolute atomic E-state index is 0.0264. The maximum atomic E-state index is 12.7. The lowest BCUT2D eigenvalue weighted by Crippen LogP contribution is -2.22. The fraction of sp³-hybridized carbons (Fsp3) is 0.333. The van der Waals surface area contributed by atoms with Crippen molar-refractivity contribution in [1.82, 2.24) is 20.2 Å². The second-order valence-corrected chi connectivity index (χ2v) is 7.70. The first-order valence-corrected chi connectivity index (χ1v) is 9.70. The van der Waals surface area contributed by atoms with E-state index in [-0.39, 0.29) is 12.5 Å². The van der Waals surface area contributed by atoms with Crippen LogP contribution in [0, 0.1) is 0 Å². The van der Waals surface area contributed by atoms with Crippen LogP contribution >= 0.6 is 11.6 Å². The Bertz CT molecular complexity index is 954. The number of aromatic nitrogens is 4. The Balaban J connectivity index is 1.80. The van der Waals surface area contributed by atoms with Gasteiger partial charge in [-0.1, -0.05) is 69.6 Å². The summed E-state index contributed by atoms with van der Waals surface area (Å²) >= 11 is 6.18. The highest BCUT2D eigenvalue weighted by Crippen LogP contribution is 2.32. The number of nitrogens with one attached hydrogen (secondary N) is 1. The molecule has 0 aliphatic heterocycles. The molecule has 146 valence electrons. The molecular formula is C21H24ClN5O. The molecular weight excluding hydrogens is 374 g/mol. The summed E-state index contributed by atoms with van der Waals surface area (Å²) < 4.78 is 0. The Morgan fingerprint density at radius 2 is 1.68 bits per heavy atom. The molecule has 0 spiro atoms. The van der Waals surface area contributed by atoms with Gasteiger partial charge in [0.1, 0.15) is 6.54 Å². The predicted molar refractivity (Wildman–Crippen MR) is 112 cm³/mol. The zero-order valence-corrected chi connectivity index (χ0v) is 17.2. The minimum Gasteiger partial charge on any atom is -0.324 e. The van der Waals surface area contributed by atoms with Crippen LogP contribution in [0.4, 0.5) is 5.69 Å². The Hall–Kier alpha value is -2.73. The van der Waals surface area contributed by atoms with Crippen LogP contribution in [0.5, 0.6) is 0 Å². The number of halogens is 1. The normalized spacial score (nSPS) is 11.2. The highest BCUT2D eigenvalue weighted by Gasteiger charge is 2.17. The van der Waals surface area contributed by atoms with E-state index in [0.717, 1.165) is 16.8 Å². The van der Waals surface area contributed by atoms with E-state index in [1.165, 1.54) is 4.80 Å². The summed E-state index contributed by atoms with van der Waals surface area (Å²) in [7, 11) is 0. The van der Waals surface area contributed by atoms with Gasteiger partial charge in [0, 0.05) is 11.3 Å². The van der Waals surface area contributed by atoms with E-state index in [2.05, 4.69) is 60.6 Å². The van der Waals surface area contributed by atoms with Gasteiger partial charge in [-0.2, -0.15) is 4.80 Å². The van der Waals surface area contributed by atoms with E-state index in [1.54, 1.807) is 6.07 Å². The highest BCUT2D eigenvalue weighted by atomic mass is 35.5. The fourth-order valence-electron chi connectivity index (χ4n) is 3.06. The van der Waals surface area contributed by atoms with Gasteiger partial charge in [-0.05, 0) is 40.3 Å². The van der Waals surface area contributed by atoms with Gasteiger partial charge in [0.15, 0.2) is 0 Å². The van der Waals surface area contributed by atoms with Crippen molar-refractivity contribution < 1.29 is 4.79 Å². The number of hydrogen-bond donors (Lipinski definition) is 1. The summed E-state index contributed by atoms with van der Waals surface area (Å²) in [5.41, 5.74) is 3.79. The van der Waals surface area contributed by atoms with E-state index < -0.39 is 0 Å². The maximum absolute atomic E-state index is 12.7. The quantitative estimate of drug-likeness (QED) is 0.643. The molecule has 2 aromatic carbocycles. The molecule has 0 saturated heterocycles. The lowest BCUT2D eigenvalue weighted by molar-refractivity contribution is -0.117. The molecule has 7 heteroatoms. The third-order valence-electron chi connectivity index (χ3n) is 4.49. The number of nitrogens with zero attached hydrogens (tertiary/aromatic N) is 4. The summed E-state index contributed by atoms with van der Waals surface area (Å²) in [5.74, 6) is 0.789. The molecule has 3 aromatic rings. The first kappa shape index (κ1) is 20.0. The summed E-state index contributed by atoms with van der Waals surface area (Å²) in [4.78, 5) is 14.0. The zero-order valence-electron chi connectivity index (χ0n) is 16.5. The van der Waals surface area contributed by atoms with E-state index in [1.807, 2.05) is 24.3 Å². The average molecular weight is 398 g/mol. The molecule has 0 atom stereocenters. The van der Waals surface area contributed by atoms with Gasteiger partial charge in [-0.3, -0.25) is 4.79 Å². The van der Waals surface area contributed by atoms with Gasteiger partial charge >= 0.3 is 0 Å². The Labute approximate surface area is 169 Å². The molecule has 1 aromatic heterocycles. The number of hydrogen-bond acceptors (Lipinski definition) is 4. The molecule has 28 heavy (non-hydrogen) atoms. The molecule has 1 amide bonds. The second kappa shape index (κ2) is 8.52. The van der Waals surface area contributed by atoms with E-state index in [0.29, 0.717) is 28.2 Å². The third-order valence-corrected chi connectivity index (χ3v) is 4.82. The number of amides is 1. The monoisotopic (exact) mass is 397 g/mol. The zero-order chi connectivity index (χ0) is 20.3. The van der Waals surface area contributed by atoms with Crippen LogP contribution in [0.25, 0.3) is 11.4 Å². The van der Waals surface area contributed by atoms with Gasteiger partial charge < -0.3 is 5.32 Å². The van der Waals surface area contributed by atoms with Gasteiger partial charge in [-0.25, -0.2) is 0 Å². The van der Waals surface area contributed by atoms with Crippen molar-refractivity contribution in [3.63, 3.8) is 0 Å². The smallest absolute Gasteiger partial charge is 0.248 e. The van der Waals surface area contributed by atoms with Crippen LogP contribution in [0.1, 0.15) is 50.7 Å². The Morgan fingerprint density at radius 3 is 2.29 bits per heavy atom. The van der Waals surface area contributed by atoms with Crippen LogP contribution < -0.4 is 5.32 Å². The van der Waals surface area contributed by atoms with Crippen molar-refractivity contribution in [3.8, 4) is 11.4 Å². The molecule has 1 heterocycles. The SMILES string of the molecule is CC(C)c1cccc(C(C)C)c1NC(=O)Cn1nnc(-c2ccccc2Cl)n1. The van der Waals surface area contributed by atoms with Crippen LogP contribution in [-0.4, -0.2) is 26.1 Å². The molecule has 0 fully saturated rings. The molecule has 0 radical (unpaired) electrons. The van der Waals surface area contributed by atoms with Crippen LogP contribution in [0.2, 0.25) is 5.02 Å². The van der Waals surface area contributed by atoms with E-state index in [9.17, 15) is 4.79 Å². The number of para-hydroxylation sites is 1. The first-order chi connectivity index (χ1) is 13.4. The number of rotatable bonds is 6. The molecule has 0 aliphatic carbocycles. The van der Waals surface area contributed by atoms with E-state index in [4.69, 9.17) is 11.6 Å². The standard InChI is InChI=1S/C21H24ClN5O/c1-13(2)15-9-7-10-16(14(3)4)20(15)23-19(28)12-27-25-21(24-26-27)17-8-5-6-11-18(17)22/h5-11,13-14H,12H2,1-4H3,(H,23,28). The van der Waals surface area contributed by atoms with Crippen molar-refractivity contribution in [2.24, 2.45) is 0 Å². The van der Waals surface area contributed by atoms with Crippen molar-refractivity contribution in [2.75, 3.05) is 5.32 Å². The number of carbonyl (C=O) groups excluding carboxylic acids is 1.